The SMILES string of the molecule is CCCOc1ccc(Cc2cc([C@@H]3O[C@H](CO)C(F)(F)[C@H](O)[C@H]3O)ccc2Cl)cc1. The van der Waals surface area contributed by atoms with Crippen LogP contribution in [0.1, 0.15) is 36.1 Å². The molecule has 0 aliphatic carbocycles. The van der Waals surface area contributed by atoms with Gasteiger partial charge in [0.05, 0.1) is 13.2 Å². The Balaban J connectivity index is 1.81. The van der Waals surface area contributed by atoms with Crippen LogP contribution >= 0.6 is 11.6 Å². The van der Waals surface area contributed by atoms with Crippen LogP contribution in [0.2, 0.25) is 5.02 Å². The molecule has 30 heavy (non-hydrogen) atoms. The highest BCUT2D eigenvalue weighted by Crippen LogP contribution is 2.41. The number of alkyl halides is 2. The molecule has 8 heteroatoms. The molecule has 2 aromatic rings. The Kier molecular flexibility index (Phi) is 7.31. The molecular weight excluding hydrogens is 418 g/mol. The van der Waals surface area contributed by atoms with E-state index in [0.717, 1.165) is 17.7 Å². The molecule has 3 N–H and O–H groups in total. The molecule has 5 nitrogen and oxygen atoms in total. The summed E-state index contributed by atoms with van der Waals surface area (Å²) in [4.78, 5) is 0. The topological polar surface area (TPSA) is 79.2 Å². The van der Waals surface area contributed by atoms with E-state index >= 15 is 0 Å². The van der Waals surface area contributed by atoms with Crippen molar-refractivity contribution in [1.29, 1.82) is 0 Å². The lowest BCUT2D eigenvalue weighted by molar-refractivity contribution is -0.296. The van der Waals surface area contributed by atoms with Crippen molar-refractivity contribution in [3.05, 3.63) is 64.2 Å². The number of halogens is 3. The second-order valence-corrected chi connectivity index (χ2v) is 7.77. The molecule has 1 fully saturated rings. The zero-order valence-electron chi connectivity index (χ0n) is 16.5. The Morgan fingerprint density at radius 1 is 1.13 bits per heavy atom. The molecular formula is C22H25ClF2O5. The van der Waals surface area contributed by atoms with Gasteiger partial charge in [-0.1, -0.05) is 42.8 Å². The fourth-order valence-corrected chi connectivity index (χ4v) is 3.61. The van der Waals surface area contributed by atoms with E-state index in [9.17, 15) is 24.1 Å². The van der Waals surface area contributed by atoms with Gasteiger partial charge in [-0.05, 0) is 47.7 Å². The molecule has 0 bridgehead atoms. The molecule has 2 aromatic carbocycles. The van der Waals surface area contributed by atoms with Crippen LogP contribution in [0.15, 0.2) is 42.5 Å². The lowest BCUT2D eigenvalue weighted by atomic mass is 9.89. The van der Waals surface area contributed by atoms with Crippen LogP contribution in [0.4, 0.5) is 8.78 Å². The van der Waals surface area contributed by atoms with Crippen molar-refractivity contribution in [1.82, 2.24) is 0 Å². The minimum atomic E-state index is -3.76. The van der Waals surface area contributed by atoms with Gasteiger partial charge < -0.3 is 24.8 Å². The predicted octanol–water partition coefficient (Wildman–Crippen LogP) is 3.51. The molecule has 0 spiro atoms. The standard InChI is InChI=1S/C22H25ClF2O5/c1-2-9-29-16-6-3-13(4-7-16)10-15-11-14(5-8-17(15)23)20-19(27)21(28)22(24,25)18(12-26)30-20/h3-8,11,18-21,26-28H,2,9-10,12H2,1H3/t18-,19+,20+,21-/m1/s1. The summed E-state index contributed by atoms with van der Waals surface area (Å²) in [6.07, 6.45) is -5.98. The maximum absolute atomic E-state index is 14.0. The van der Waals surface area contributed by atoms with Crippen molar-refractivity contribution < 1.29 is 33.6 Å². The number of hydrogen-bond donors (Lipinski definition) is 3. The van der Waals surface area contributed by atoms with Crippen LogP contribution in [-0.4, -0.2) is 52.8 Å². The molecule has 1 aliphatic heterocycles. The summed E-state index contributed by atoms with van der Waals surface area (Å²) in [5.41, 5.74) is 2.06. The first-order valence-corrected chi connectivity index (χ1v) is 10.2. The van der Waals surface area contributed by atoms with Gasteiger partial charge in [0, 0.05) is 5.02 Å². The summed E-state index contributed by atoms with van der Waals surface area (Å²) in [5, 5.41) is 29.8. The minimum absolute atomic E-state index is 0.387. The summed E-state index contributed by atoms with van der Waals surface area (Å²) in [7, 11) is 0. The molecule has 0 aromatic heterocycles. The number of rotatable bonds is 7. The zero-order valence-corrected chi connectivity index (χ0v) is 17.2. The summed E-state index contributed by atoms with van der Waals surface area (Å²) in [6.45, 7) is 1.68. The number of aliphatic hydroxyl groups excluding tert-OH is 3. The van der Waals surface area contributed by atoms with Crippen LogP contribution in [0.5, 0.6) is 5.75 Å². The maximum atomic E-state index is 14.0. The van der Waals surface area contributed by atoms with Gasteiger partial charge in [-0.15, -0.1) is 0 Å². The lowest BCUT2D eigenvalue weighted by Gasteiger charge is -2.42. The van der Waals surface area contributed by atoms with Gasteiger partial charge in [-0.25, -0.2) is 8.78 Å². The number of benzene rings is 2. The quantitative estimate of drug-likeness (QED) is 0.611. The van der Waals surface area contributed by atoms with Crippen LogP contribution < -0.4 is 4.74 Å². The van der Waals surface area contributed by atoms with E-state index in [4.69, 9.17) is 21.1 Å². The molecule has 1 saturated heterocycles. The average molecular weight is 443 g/mol. The minimum Gasteiger partial charge on any atom is -0.494 e. The Bertz CT molecular complexity index is 842. The van der Waals surface area contributed by atoms with E-state index < -0.39 is 36.9 Å². The highest BCUT2D eigenvalue weighted by molar-refractivity contribution is 6.31. The fourth-order valence-electron chi connectivity index (χ4n) is 3.42. The highest BCUT2D eigenvalue weighted by atomic mass is 35.5. The van der Waals surface area contributed by atoms with E-state index in [1.54, 1.807) is 18.2 Å². The first-order valence-electron chi connectivity index (χ1n) is 9.78. The average Bonchev–Trinajstić information content (AvgIpc) is 2.73. The van der Waals surface area contributed by atoms with E-state index in [1.165, 1.54) is 0 Å². The normalized spacial score (nSPS) is 25.8. The van der Waals surface area contributed by atoms with E-state index in [2.05, 4.69) is 0 Å². The predicted molar refractivity (Wildman–Crippen MR) is 108 cm³/mol. The van der Waals surface area contributed by atoms with Gasteiger partial charge in [0.15, 0.2) is 0 Å². The third-order valence-corrected chi connectivity index (χ3v) is 5.49. The molecule has 0 amide bonds. The van der Waals surface area contributed by atoms with Crippen molar-refractivity contribution in [2.45, 2.75) is 50.1 Å². The third-order valence-electron chi connectivity index (χ3n) is 5.12. The van der Waals surface area contributed by atoms with Crippen LogP contribution in [0, 0.1) is 0 Å². The Labute approximate surface area is 178 Å². The van der Waals surface area contributed by atoms with Gasteiger partial charge in [0.1, 0.15) is 30.2 Å². The van der Waals surface area contributed by atoms with E-state index in [-0.39, 0.29) is 0 Å². The van der Waals surface area contributed by atoms with Crippen LogP contribution in [0.25, 0.3) is 0 Å². The molecule has 0 radical (unpaired) electrons. The van der Waals surface area contributed by atoms with Gasteiger partial charge in [-0.2, -0.15) is 0 Å². The van der Waals surface area contributed by atoms with Crippen molar-refractivity contribution in [2.75, 3.05) is 13.2 Å². The first kappa shape index (κ1) is 22.9. The van der Waals surface area contributed by atoms with Gasteiger partial charge >= 0.3 is 5.92 Å². The van der Waals surface area contributed by atoms with Crippen molar-refractivity contribution in [3.63, 3.8) is 0 Å². The molecule has 0 unspecified atom stereocenters. The van der Waals surface area contributed by atoms with Crippen molar-refractivity contribution in [3.8, 4) is 5.75 Å². The lowest BCUT2D eigenvalue weighted by Crippen LogP contribution is -2.59. The monoisotopic (exact) mass is 442 g/mol. The first-order chi connectivity index (χ1) is 14.3. The second-order valence-electron chi connectivity index (χ2n) is 7.36. The Hall–Kier alpha value is -1.77. The molecule has 3 rings (SSSR count). The molecule has 1 aliphatic rings. The van der Waals surface area contributed by atoms with Gasteiger partial charge in [0.2, 0.25) is 0 Å². The molecule has 4 atom stereocenters. The summed E-state index contributed by atoms with van der Waals surface area (Å²) >= 11 is 6.31. The Morgan fingerprint density at radius 2 is 1.83 bits per heavy atom. The third kappa shape index (κ3) is 4.76. The Morgan fingerprint density at radius 3 is 2.47 bits per heavy atom. The van der Waals surface area contributed by atoms with Gasteiger partial charge in [0.25, 0.3) is 0 Å². The number of aliphatic hydroxyl groups is 3. The fraction of sp³-hybridized carbons (Fsp3) is 0.455. The van der Waals surface area contributed by atoms with E-state index in [0.29, 0.717) is 29.2 Å². The number of hydrogen-bond acceptors (Lipinski definition) is 5. The van der Waals surface area contributed by atoms with Crippen molar-refractivity contribution in [2.24, 2.45) is 0 Å². The summed E-state index contributed by atoms with van der Waals surface area (Å²) in [6, 6.07) is 12.3. The van der Waals surface area contributed by atoms with Crippen LogP contribution in [0.3, 0.4) is 0 Å². The second kappa shape index (κ2) is 9.58. The van der Waals surface area contributed by atoms with Gasteiger partial charge in [-0.3, -0.25) is 0 Å². The van der Waals surface area contributed by atoms with Crippen molar-refractivity contribution >= 4 is 11.6 Å². The van der Waals surface area contributed by atoms with E-state index in [1.807, 2.05) is 31.2 Å². The molecule has 0 saturated carbocycles. The highest BCUT2D eigenvalue weighted by Gasteiger charge is 2.57. The summed E-state index contributed by atoms with van der Waals surface area (Å²) in [5.74, 6) is -2.99. The largest absolute Gasteiger partial charge is 0.494 e. The van der Waals surface area contributed by atoms with Crippen LogP contribution in [-0.2, 0) is 11.2 Å². The number of ether oxygens (including phenoxy) is 2. The molecule has 1 heterocycles. The zero-order chi connectivity index (χ0) is 21.9. The summed E-state index contributed by atoms with van der Waals surface area (Å²) < 4.78 is 38.8. The molecule has 164 valence electrons. The smallest absolute Gasteiger partial charge is 0.303 e. The maximum Gasteiger partial charge on any atom is 0.303 e.